The van der Waals surface area contributed by atoms with Crippen LogP contribution in [0.15, 0.2) is 59.6 Å². The Morgan fingerprint density at radius 3 is 2.41 bits per heavy atom. The lowest BCUT2D eigenvalue weighted by atomic mass is 9.96. The van der Waals surface area contributed by atoms with Gasteiger partial charge in [-0.3, -0.25) is 14.2 Å². The predicted octanol–water partition coefficient (Wildman–Crippen LogP) is 5.37. The Balaban J connectivity index is 1.30. The number of pyridine rings is 1. The molecule has 1 unspecified atom stereocenters. The van der Waals surface area contributed by atoms with Gasteiger partial charge >= 0.3 is 0 Å². The van der Waals surface area contributed by atoms with Crippen molar-refractivity contribution >= 4 is 21.8 Å². The van der Waals surface area contributed by atoms with E-state index in [0.29, 0.717) is 5.65 Å². The van der Waals surface area contributed by atoms with E-state index < -0.39 is 10.8 Å². The highest BCUT2D eigenvalue weighted by molar-refractivity contribution is 7.84. The molecular weight excluding hydrogens is 440 g/mol. The molecule has 6 rings (SSSR count). The fourth-order valence-corrected chi connectivity index (χ4v) is 6.17. The molecule has 2 aromatic heterocycles. The highest BCUT2D eigenvalue weighted by Gasteiger charge is 2.24. The number of hydrogen-bond acceptors (Lipinski definition) is 4. The number of rotatable bonds is 4. The van der Waals surface area contributed by atoms with E-state index in [1.807, 2.05) is 30.5 Å². The van der Waals surface area contributed by atoms with Crippen LogP contribution in [-0.2, 0) is 23.6 Å². The van der Waals surface area contributed by atoms with Crippen LogP contribution in [0.3, 0.4) is 0 Å². The fourth-order valence-electron chi connectivity index (χ4n) is 5.65. The molecule has 5 nitrogen and oxygen atoms in total. The molecule has 1 atom stereocenters. The van der Waals surface area contributed by atoms with E-state index in [1.165, 1.54) is 55.5 Å². The second-order valence-corrected chi connectivity index (χ2v) is 11.0. The summed E-state index contributed by atoms with van der Waals surface area (Å²) in [5, 5.41) is 8.57. The molecule has 2 aromatic carbocycles. The molecule has 2 aliphatic rings. The fraction of sp³-hybridized carbons (Fsp3) is 0.357. The van der Waals surface area contributed by atoms with E-state index >= 15 is 0 Å². The molecule has 0 spiro atoms. The van der Waals surface area contributed by atoms with Crippen molar-refractivity contribution in [1.29, 1.82) is 0 Å². The van der Waals surface area contributed by atoms with Crippen LogP contribution >= 0.6 is 0 Å². The van der Waals surface area contributed by atoms with Crippen molar-refractivity contribution in [2.24, 2.45) is 0 Å². The van der Waals surface area contributed by atoms with Crippen LogP contribution in [0.25, 0.3) is 33.4 Å². The summed E-state index contributed by atoms with van der Waals surface area (Å²) in [5.74, 6) is 0. The van der Waals surface area contributed by atoms with Gasteiger partial charge in [0.05, 0.1) is 5.69 Å². The van der Waals surface area contributed by atoms with E-state index in [0.717, 1.165) is 46.0 Å². The van der Waals surface area contributed by atoms with Gasteiger partial charge in [0.2, 0.25) is 0 Å². The predicted molar refractivity (Wildman–Crippen MR) is 138 cm³/mol. The Morgan fingerprint density at radius 1 is 0.912 bits per heavy atom. The maximum absolute atomic E-state index is 11.7. The zero-order chi connectivity index (χ0) is 23.1. The van der Waals surface area contributed by atoms with Crippen molar-refractivity contribution in [1.82, 2.24) is 20.1 Å². The van der Waals surface area contributed by atoms with Gasteiger partial charge in [0.25, 0.3) is 0 Å². The van der Waals surface area contributed by atoms with Crippen LogP contribution in [0.1, 0.15) is 36.8 Å². The average Bonchev–Trinajstić information content (AvgIpc) is 3.50. The van der Waals surface area contributed by atoms with E-state index in [1.54, 1.807) is 6.26 Å². The zero-order valence-electron chi connectivity index (χ0n) is 19.6. The Labute approximate surface area is 203 Å². The van der Waals surface area contributed by atoms with Crippen LogP contribution in [0.2, 0.25) is 0 Å². The summed E-state index contributed by atoms with van der Waals surface area (Å²) in [5.41, 5.74) is 7.98. The van der Waals surface area contributed by atoms with Crippen LogP contribution in [-0.4, -0.2) is 49.7 Å². The minimum atomic E-state index is -0.987. The summed E-state index contributed by atoms with van der Waals surface area (Å²) in [6.45, 7) is 2.36. The van der Waals surface area contributed by atoms with E-state index in [4.69, 9.17) is 0 Å². The molecule has 0 amide bonds. The quantitative estimate of drug-likeness (QED) is 0.435. The molecule has 6 heteroatoms. The average molecular weight is 471 g/mol. The first-order valence-electron chi connectivity index (χ1n) is 12.3. The molecule has 0 radical (unpaired) electrons. The lowest BCUT2D eigenvalue weighted by Crippen LogP contribution is -2.35. The zero-order valence-corrected chi connectivity index (χ0v) is 20.4. The summed E-state index contributed by atoms with van der Waals surface area (Å²) >= 11 is 0. The number of hydrogen-bond donors (Lipinski definition) is 1. The summed E-state index contributed by atoms with van der Waals surface area (Å²) in [7, 11) is -0.987. The van der Waals surface area contributed by atoms with Crippen molar-refractivity contribution in [2.75, 3.05) is 19.3 Å². The first kappa shape index (κ1) is 21.7. The number of aromatic amines is 1. The third-order valence-corrected chi connectivity index (χ3v) is 8.54. The van der Waals surface area contributed by atoms with E-state index in [-0.39, 0.29) is 0 Å². The smallest absolute Gasteiger partial charge is 0.181 e. The number of benzene rings is 2. The molecule has 1 N–H and O–H groups in total. The molecule has 0 bridgehead atoms. The van der Waals surface area contributed by atoms with Crippen molar-refractivity contribution in [2.45, 2.75) is 49.5 Å². The highest BCUT2D eigenvalue weighted by Crippen LogP contribution is 2.32. The number of fused-ring (bicyclic) bond motifs is 2. The van der Waals surface area contributed by atoms with Gasteiger partial charge in [-0.2, -0.15) is 5.10 Å². The molecule has 34 heavy (non-hydrogen) atoms. The number of nitrogens with zero attached hydrogens (tertiary/aromatic N) is 3. The van der Waals surface area contributed by atoms with E-state index in [9.17, 15) is 4.21 Å². The van der Waals surface area contributed by atoms with Gasteiger partial charge in [-0.1, -0.05) is 43.2 Å². The van der Waals surface area contributed by atoms with Gasteiger partial charge < -0.3 is 0 Å². The maximum Gasteiger partial charge on any atom is 0.181 e. The van der Waals surface area contributed by atoms with Crippen molar-refractivity contribution in [3.63, 3.8) is 0 Å². The third-order valence-electron chi connectivity index (χ3n) is 7.60. The standard InChI is InChI=1S/C28H30N4OS/c1-34(33)25-10-8-20(9-11-25)27-26-17-23(18-29-28(26)31-30-27)21-7-6-19-12-14-32(15-13-22(19)16-21)24-4-2-3-5-24/h6-11,16-18,24H,2-5,12-15H2,1H3,(H,29,30,31). The summed E-state index contributed by atoms with van der Waals surface area (Å²) in [6, 6.07) is 17.8. The highest BCUT2D eigenvalue weighted by atomic mass is 32.2. The lowest BCUT2D eigenvalue weighted by Gasteiger charge is -2.26. The second kappa shape index (κ2) is 9.08. The van der Waals surface area contributed by atoms with Gasteiger partial charge in [-0.15, -0.1) is 0 Å². The van der Waals surface area contributed by atoms with Gasteiger partial charge in [0.15, 0.2) is 5.65 Å². The summed E-state index contributed by atoms with van der Waals surface area (Å²) < 4.78 is 11.7. The SMILES string of the molecule is CS(=O)c1ccc(-c2[nH]nc3ncc(-c4ccc5c(c4)CCN(C4CCCC4)CC5)cc23)cc1. The Morgan fingerprint density at radius 2 is 1.65 bits per heavy atom. The Hall–Kier alpha value is -2.83. The number of nitrogens with one attached hydrogen (secondary N) is 1. The largest absolute Gasteiger partial charge is 0.300 e. The third kappa shape index (κ3) is 4.10. The van der Waals surface area contributed by atoms with Crippen LogP contribution < -0.4 is 0 Å². The minimum absolute atomic E-state index is 0.712. The normalized spacial score (nSPS) is 18.1. The first-order valence-corrected chi connectivity index (χ1v) is 13.9. The molecule has 0 saturated heterocycles. The Bertz CT molecular complexity index is 1350. The molecule has 4 aromatic rings. The van der Waals surface area contributed by atoms with Gasteiger partial charge in [-0.25, -0.2) is 4.98 Å². The van der Waals surface area contributed by atoms with E-state index in [2.05, 4.69) is 44.3 Å². The van der Waals surface area contributed by atoms with Crippen molar-refractivity contribution in [3.05, 3.63) is 65.9 Å². The van der Waals surface area contributed by atoms with Crippen LogP contribution in [0, 0.1) is 0 Å². The second-order valence-electron chi connectivity index (χ2n) is 9.63. The van der Waals surface area contributed by atoms with Crippen molar-refractivity contribution < 1.29 is 4.21 Å². The van der Waals surface area contributed by atoms with Gasteiger partial charge in [0, 0.05) is 63.8 Å². The van der Waals surface area contributed by atoms with Gasteiger partial charge in [0.1, 0.15) is 0 Å². The Kier molecular flexibility index (Phi) is 5.79. The van der Waals surface area contributed by atoms with Crippen LogP contribution in [0.5, 0.6) is 0 Å². The van der Waals surface area contributed by atoms with Crippen LogP contribution in [0.4, 0.5) is 0 Å². The monoisotopic (exact) mass is 470 g/mol. The molecule has 174 valence electrons. The summed E-state index contributed by atoms with van der Waals surface area (Å²) in [6.07, 6.45) is 11.4. The first-order chi connectivity index (χ1) is 16.7. The number of H-pyrrole nitrogens is 1. The van der Waals surface area contributed by atoms with Gasteiger partial charge in [-0.05, 0) is 60.6 Å². The molecule has 3 heterocycles. The molecule has 1 fully saturated rings. The molecule has 1 aliphatic carbocycles. The minimum Gasteiger partial charge on any atom is -0.300 e. The number of aromatic nitrogens is 3. The maximum atomic E-state index is 11.7. The molecular formula is C28H30N4OS. The summed E-state index contributed by atoms with van der Waals surface area (Å²) in [4.78, 5) is 8.20. The van der Waals surface area contributed by atoms with Crippen molar-refractivity contribution in [3.8, 4) is 22.4 Å². The molecule has 1 aliphatic heterocycles. The molecule has 1 saturated carbocycles. The lowest BCUT2D eigenvalue weighted by molar-refractivity contribution is 0.208. The topological polar surface area (TPSA) is 61.9 Å².